The van der Waals surface area contributed by atoms with Crippen molar-refractivity contribution < 1.29 is 4.43 Å². The Morgan fingerprint density at radius 1 is 1.00 bits per heavy atom. The van der Waals surface area contributed by atoms with Gasteiger partial charge in [0.15, 0.2) is 8.32 Å². The average Bonchev–Trinajstić information content (AvgIpc) is 2.23. The molecular weight excluding hydrogens is 252 g/mol. The van der Waals surface area contributed by atoms with E-state index in [4.69, 9.17) is 4.43 Å². The van der Waals surface area contributed by atoms with Gasteiger partial charge < -0.3 is 4.43 Å². The molecule has 0 aromatic heterocycles. The monoisotopic (exact) mass is 286 g/mol. The molecule has 0 N–H and O–H groups in total. The summed E-state index contributed by atoms with van der Waals surface area (Å²) in [4.78, 5) is 0. The van der Waals surface area contributed by atoms with Gasteiger partial charge in [0.05, 0.1) is 13.3 Å². The molecule has 0 aliphatic rings. The summed E-state index contributed by atoms with van der Waals surface area (Å²) >= 11 is 0. The third-order valence-corrected chi connectivity index (χ3v) is 13.0. The molecule has 0 aromatic carbocycles. The first-order chi connectivity index (χ1) is 7.89. The number of hydrogen-bond acceptors (Lipinski definition) is 1. The van der Waals surface area contributed by atoms with Gasteiger partial charge in [-0.2, -0.15) is 0 Å². The van der Waals surface area contributed by atoms with Crippen LogP contribution in [-0.4, -0.2) is 21.6 Å². The lowest BCUT2D eigenvalue weighted by atomic mass is 10.1. The summed E-state index contributed by atoms with van der Waals surface area (Å²) in [5.41, 5.74) is 0. The van der Waals surface area contributed by atoms with Crippen LogP contribution in [-0.2, 0) is 4.43 Å². The summed E-state index contributed by atoms with van der Waals surface area (Å²) in [5.74, 6) is 0. The molecule has 0 radical (unpaired) electrons. The van der Waals surface area contributed by atoms with Gasteiger partial charge in [0, 0.05) is 0 Å². The zero-order valence-electron chi connectivity index (χ0n) is 14.1. The number of rotatable bonds is 7. The van der Waals surface area contributed by atoms with Crippen LogP contribution in [0.3, 0.4) is 0 Å². The molecule has 0 spiro atoms. The van der Waals surface area contributed by atoms with E-state index in [1.54, 1.807) is 0 Å². The van der Waals surface area contributed by atoms with Crippen molar-refractivity contribution in [2.45, 2.75) is 83.5 Å². The van der Waals surface area contributed by atoms with Crippen LogP contribution in [0.25, 0.3) is 0 Å². The standard InChI is InChI=1S/C15H34OSi2/c1-11-14(4,5)18(9,10)16-15(12-2,13-3)17(6,7)8/h12H,2,11,13H2,1,3-10H3. The van der Waals surface area contributed by atoms with Crippen molar-refractivity contribution in [2.75, 3.05) is 0 Å². The van der Waals surface area contributed by atoms with Crippen LogP contribution in [0, 0.1) is 0 Å². The fraction of sp³-hybridized carbons (Fsp3) is 0.867. The molecule has 0 heterocycles. The first-order valence-electron chi connectivity index (χ1n) is 7.23. The predicted octanol–water partition coefficient (Wildman–Crippen LogP) is 5.61. The van der Waals surface area contributed by atoms with Gasteiger partial charge in [-0.15, -0.1) is 6.58 Å². The number of hydrogen-bond donors (Lipinski definition) is 0. The highest BCUT2D eigenvalue weighted by molar-refractivity contribution is 6.82. The molecule has 0 rings (SSSR count). The van der Waals surface area contributed by atoms with Gasteiger partial charge in [-0.1, -0.05) is 59.8 Å². The topological polar surface area (TPSA) is 9.23 Å². The van der Waals surface area contributed by atoms with Gasteiger partial charge in [-0.25, -0.2) is 0 Å². The smallest absolute Gasteiger partial charge is 0.193 e. The Kier molecular flexibility index (Phi) is 5.68. The summed E-state index contributed by atoms with van der Waals surface area (Å²) in [7, 11) is -3.20. The third-order valence-electron chi connectivity index (χ3n) is 5.08. The molecule has 0 aromatic rings. The summed E-state index contributed by atoms with van der Waals surface area (Å²) in [6, 6.07) is 0. The van der Waals surface area contributed by atoms with Gasteiger partial charge >= 0.3 is 0 Å². The van der Waals surface area contributed by atoms with Crippen LogP contribution in [0.4, 0.5) is 0 Å². The van der Waals surface area contributed by atoms with E-state index >= 15 is 0 Å². The van der Waals surface area contributed by atoms with Crippen LogP contribution in [0.1, 0.15) is 40.5 Å². The maximum atomic E-state index is 6.83. The lowest BCUT2D eigenvalue weighted by Crippen LogP contribution is -2.59. The molecule has 3 heteroatoms. The lowest BCUT2D eigenvalue weighted by molar-refractivity contribution is 0.166. The van der Waals surface area contributed by atoms with Crippen molar-refractivity contribution in [3.05, 3.63) is 12.7 Å². The van der Waals surface area contributed by atoms with E-state index in [1.807, 2.05) is 0 Å². The fourth-order valence-corrected chi connectivity index (χ4v) is 8.20. The summed E-state index contributed by atoms with van der Waals surface area (Å²) < 4.78 is 6.83. The Hall–Kier alpha value is 0.134. The Morgan fingerprint density at radius 3 is 1.67 bits per heavy atom. The van der Waals surface area contributed by atoms with Crippen molar-refractivity contribution >= 4 is 16.4 Å². The van der Waals surface area contributed by atoms with Crippen LogP contribution < -0.4 is 0 Å². The van der Waals surface area contributed by atoms with Crippen molar-refractivity contribution in [3.8, 4) is 0 Å². The Morgan fingerprint density at radius 2 is 1.44 bits per heavy atom. The molecule has 1 nitrogen and oxygen atoms in total. The summed E-state index contributed by atoms with van der Waals surface area (Å²) in [5, 5.41) is 0.227. The minimum atomic E-state index is -1.75. The Bertz CT molecular complexity index is 289. The molecule has 0 bridgehead atoms. The second-order valence-electron chi connectivity index (χ2n) is 7.55. The van der Waals surface area contributed by atoms with E-state index in [0.717, 1.165) is 6.42 Å². The second kappa shape index (κ2) is 5.63. The van der Waals surface area contributed by atoms with Gasteiger partial charge in [-0.3, -0.25) is 0 Å². The minimum Gasteiger partial charge on any atom is -0.411 e. The van der Waals surface area contributed by atoms with Crippen molar-refractivity contribution in [3.63, 3.8) is 0 Å². The van der Waals surface area contributed by atoms with Crippen LogP contribution in [0.2, 0.25) is 37.8 Å². The molecule has 0 aliphatic heterocycles. The van der Waals surface area contributed by atoms with E-state index in [0.29, 0.717) is 5.04 Å². The molecular formula is C15H34OSi2. The second-order valence-corrected chi connectivity index (χ2v) is 17.5. The Labute approximate surface area is 117 Å². The third kappa shape index (κ3) is 3.37. The molecule has 108 valence electrons. The molecule has 0 fully saturated rings. The first kappa shape index (κ1) is 18.1. The van der Waals surface area contributed by atoms with Crippen molar-refractivity contribution in [1.29, 1.82) is 0 Å². The quantitative estimate of drug-likeness (QED) is 0.436. The zero-order chi connectivity index (χ0) is 14.8. The normalized spacial score (nSPS) is 17.4. The minimum absolute atomic E-state index is 0.0742. The fourth-order valence-electron chi connectivity index (χ4n) is 2.27. The summed E-state index contributed by atoms with van der Waals surface area (Å²) in [6.07, 6.45) is 4.32. The maximum Gasteiger partial charge on any atom is 0.193 e. The predicted molar refractivity (Wildman–Crippen MR) is 89.5 cm³/mol. The largest absolute Gasteiger partial charge is 0.411 e. The van der Waals surface area contributed by atoms with E-state index in [1.165, 1.54) is 6.42 Å². The van der Waals surface area contributed by atoms with E-state index < -0.39 is 16.4 Å². The van der Waals surface area contributed by atoms with Crippen LogP contribution in [0.15, 0.2) is 12.7 Å². The van der Waals surface area contributed by atoms with Crippen molar-refractivity contribution in [1.82, 2.24) is 0 Å². The van der Waals surface area contributed by atoms with E-state index in [2.05, 4.69) is 73.1 Å². The molecule has 0 amide bonds. The molecule has 0 aliphatic carbocycles. The highest BCUT2D eigenvalue weighted by Gasteiger charge is 2.49. The van der Waals surface area contributed by atoms with Gasteiger partial charge in [-0.05, 0) is 24.6 Å². The molecule has 18 heavy (non-hydrogen) atoms. The van der Waals surface area contributed by atoms with Gasteiger partial charge in [0.25, 0.3) is 0 Å². The molecule has 0 saturated carbocycles. The highest BCUT2D eigenvalue weighted by atomic mass is 28.4. The SMILES string of the molecule is C=CC(CC)(O[Si](C)(C)C(C)(C)CC)[Si](C)(C)C. The van der Waals surface area contributed by atoms with Crippen molar-refractivity contribution in [2.24, 2.45) is 0 Å². The highest BCUT2D eigenvalue weighted by Crippen LogP contribution is 2.45. The zero-order valence-corrected chi connectivity index (χ0v) is 16.1. The molecule has 1 unspecified atom stereocenters. The first-order valence-corrected chi connectivity index (χ1v) is 13.6. The molecule has 0 saturated heterocycles. The van der Waals surface area contributed by atoms with Crippen LogP contribution in [0.5, 0.6) is 0 Å². The van der Waals surface area contributed by atoms with Crippen LogP contribution >= 0.6 is 0 Å². The average molecular weight is 287 g/mol. The van der Waals surface area contributed by atoms with Gasteiger partial charge in [0.1, 0.15) is 0 Å². The van der Waals surface area contributed by atoms with E-state index in [9.17, 15) is 0 Å². The Balaban J connectivity index is 5.44. The van der Waals surface area contributed by atoms with Gasteiger partial charge in [0.2, 0.25) is 0 Å². The van der Waals surface area contributed by atoms with E-state index in [-0.39, 0.29) is 5.22 Å². The maximum absolute atomic E-state index is 6.83. The molecule has 1 atom stereocenters. The summed E-state index contributed by atoms with van der Waals surface area (Å²) in [6.45, 7) is 25.2. The lowest BCUT2D eigenvalue weighted by Gasteiger charge is -2.50.